The van der Waals surface area contributed by atoms with Crippen LogP contribution in [0.15, 0.2) is 24.3 Å². The van der Waals surface area contributed by atoms with Gasteiger partial charge >= 0.3 is 0 Å². The molecule has 112 valence electrons. The van der Waals surface area contributed by atoms with Gasteiger partial charge in [-0.05, 0) is 51.1 Å². The highest BCUT2D eigenvalue weighted by molar-refractivity contribution is 5.95. The average Bonchev–Trinajstić information content (AvgIpc) is 2.42. The van der Waals surface area contributed by atoms with Crippen LogP contribution in [0.25, 0.3) is 0 Å². The third kappa shape index (κ3) is 5.80. The summed E-state index contributed by atoms with van der Waals surface area (Å²) in [6, 6.07) is 6.18. The number of ether oxygens (including phenoxy) is 1. The van der Waals surface area contributed by atoms with Crippen LogP contribution in [0.1, 0.15) is 37.0 Å². The lowest BCUT2D eigenvalue weighted by Crippen LogP contribution is -2.34. The minimum Gasteiger partial charge on any atom is -0.383 e. The highest BCUT2D eigenvalue weighted by Gasteiger charge is 2.11. The van der Waals surface area contributed by atoms with Crippen molar-refractivity contribution in [3.63, 3.8) is 0 Å². The number of halogens is 1. The van der Waals surface area contributed by atoms with Crippen LogP contribution in [0.5, 0.6) is 0 Å². The van der Waals surface area contributed by atoms with Crippen LogP contribution in [-0.4, -0.2) is 43.5 Å². The number of nitrogens with zero attached hydrogens (tertiary/aromatic N) is 1. The fourth-order valence-electron chi connectivity index (χ4n) is 2.06. The van der Waals surface area contributed by atoms with Crippen LogP contribution in [0.4, 0.5) is 4.39 Å². The Morgan fingerprint density at radius 3 is 2.45 bits per heavy atom. The van der Waals surface area contributed by atoms with E-state index in [0.29, 0.717) is 24.6 Å². The molecule has 0 atom stereocenters. The van der Waals surface area contributed by atoms with E-state index in [2.05, 4.69) is 18.7 Å². The summed E-state index contributed by atoms with van der Waals surface area (Å²) in [7, 11) is 1.69. The van der Waals surface area contributed by atoms with Crippen molar-refractivity contribution in [1.29, 1.82) is 0 Å². The van der Waals surface area contributed by atoms with Crippen LogP contribution >= 0.6 is 0 Å². The molecule has 0 bridgehead atoms. The predicted octanol–water partition coefficient (Wildman–Crippen LogP) is 3.15. The summed E-state index contributed by atoms with van der Waals surface area (Å²) in [4.78, 5) is 14.2. The molecular formula is C16H24FNO2. The standard InChI is InChI=1S/C16H24FNO2/c1-13(2)18(11-12-20-3)10-4-5-16(19)14-6-8-15(17)9-7-14/h6-9,13H,4-5,10-12H2,1-3H3. The molecular weight excluding hydrogens is 257 g/mol. The maximum Gasteiger partial charge on any atom is 0.162 e. The van der Waals surface area contributed by atoms with Crippen molar-refractivity contribution < 1.29 is 13.9 Å². The van der Waals surface area contributed by atoms with E-state index in [9.17, 15) is 9.18 Å². The molecule has 0 radical (unpaired) electrons. The highest BCUT2D eigenvalue weighted by atomic mass is 19.1. The van der Waals surface area contributed by atoms with E-state index in [0.717, 1.165) is 19.5 Å². The highest BCUT2D eigenvalue weighted by Crippen LogP contribution is 2.09. The Hall–Kier alpha value is -1.26. The van der Waals surface area contributed by atoms with Crippen LogP contribution in [0.2, 0.25) is 0 Å². The molecule has 3 nitrogen and oxygen atoms in total. The van der Waals surface area contributed by atoms with Crippen molar-refractivity contribution in [2.45, 2.75) is 32.7 Å². The SMILES string of the molecule is COCCN(CCCC(=O)c1ccc(F)cc1)C(C)C. The third-order valence-electron chi connectivity index (χ3n) is 3.33. The fraction of sp³-hybridized carbons (Fsp3) is 0.562. The van der Waals surface area contributed by atoms with Gasteiger partial charge in [0.25, 0.3) is 0 Å². The van der Waals surface area contributed by atoms with Gasteiger partial charge < -0.3 is 4.74 Å². The monoisotopic (exact) mass is 281 g/mol. The maximum atomic E-state index is 12.8. The number of Topliss-reactive ketones (excluding diaryl/α,β-unsaturated/α-hetero) is 1. The Labute approximate surface area is 120 Å². The summed E-state index contributed by atoms with van der Waals surface area (Å²) in [5.41, 5.74) is 0.583. The Balaban J connectivity index is 2.38. The Kier molecular flexibility index (Phi) is 7.41. The minimum atomic E-state index is -0.313. The van der Waals surface area contributed by atoms with Gasteiger partial charge in [-0.3, -0.25) is 9.69 Å². The van der Waals surface area contributed by atoms with E-state index >= 15 is 0 Å². The smallest absolute Gasteiger partial charge is 0.162 e. The number of methoxy groups -OCH3 is 1. The van der Waals surface area contributed by atoms with Crippen molar-refractivity contribution in [3.05, 3.63) is 35.6 Å². The zero-order valence-corrected chi connectivity index (χ0v) is 12.6. The molecule has 0 fully saturated rings. The molecule has 0 saturated carbocycles. The van der Waals surface area contributed by atoms with E-state index in [-0.39, 0.29) is 11.6 Å². The molecule has 20 heavy (non-hydrogen) atoms. The molecule has 4 heteroatoms. The summed E-state index contributed by atoms with van der Waals surface area (Å²) in [5, 5.41) is 0. The van der Waals surface area contributed by atoms with Crippen molar-refractivity contribution in [3.8, 4) is 0 Å². The minimum absolute atomic E-state index is 0.0699. The summed E-state index contributed by atoms with van der Waals surface area (Å²) in [5.74, 6) is -0.243. The lowest BCUT2D eigenvalue weighted by molar-refractivity contribution is 0.0961. The van der Waals surface area contributed by atoms with Gasteiger partial charge in [0, 0.05) is 31.7 Å². The normalized spacial score (nSPS) is 11.3. The summed E-state index contributed by atoms with van der Waals surface area (Å²) in [6.45, 7) is 6.71. The van der Waals surface area contributed by atoms with Crippen molar-refractivity contribution in [2.24, 2.45) is 0 Å². The zero-order chi connectivity index (χ0) is 15.0. The van der Waals surface area contributed by atoms with E-state index in [1.165, 1.54) is 12.1 Å². The number of hydrogen-bond donors (Lipinski definition) is 0. The van der Waals surface area contributed by atoms with Gasteiger partial charge in [0.1, 0.15) is 5.82 Å². The summed E-state index contributed by atoms with van der Waals surface area (Å²) < 4.78 is 17.9. The van der Waals surface area contributed by atoms with Crippen LogP contribution in [0.3, 0.4) is 0 Å². The van der Waals surface area contributed by atoms with Crippen molar-refractivity contribution >= 4 is 5.78 Å². The topological polar surface area (TPSA) is 29.5 Å². The largest absolute Gasteiger partial charge is 0.383 e. The van der Waals surface area contributed by atoms with Gasteiger partial charge in [0.05, 0.1) is 6.61 Å². The fourth-order valence-corrected chi connectivity index (χ4v) is 2.06. The number of rotatable bonds is 9. The molecule has 0 heterocycles. The second-order valence-electron chi connectivity index (χ2n) is 5.16. The lowest BCUT2D eigenvalue weighted by Gasteiger charge is -2.25. The second kappa shape index (κ2) is 8.82. The van der Waals surface area contributed by atoms with Gasteiger partial charge in [0.2, 0.25) is 0 Å². The van der Waals surface area contributed by atoms with Crippen LogP contribution < -0.4 is 0 Å². The number of carbonyl (C=O) groups excluding carboxylic acids is 1. The molecule has 0 aromatic heterocycles. The van der Waals surface area contributed by atoms with Gasteiger partial charge in [-0.15, -0.1) is 0 Å². The molecule has 1 rings (SSSR count). The Bertz CT molecular complexity index is 403. The average molecular weight is 281 g/mol. The van der Waals surface area contributed by atoms with E-state index in [1.807, 2.05) is 0 Å². The predicted molar refractivity (Wildman–Crippen MR) is 78.5 cm³/mol. The van der Waals surface area contributed by atoms with Crippen LogP contribution in [0, 0.1) is 5.82 Å². The van der Waals surface area contributed by atoms with Gasteiger partial charge in [-0.25, -0.2) is 4.39 Å². The first-order chi connectivity index (χ1) is 9.54. The van der Waals surface area contributed by atoms with Crippen molar-refractivity contribution in [1.82, 2.24) is 4.90 Å². The molecule has 0 aliphatic rings. The summed E-state index contributed by atoms with van der Waals surface area (Å²) in [6.07, 6.45) is 1.29. The number of carbonyl (C=O) groups is 1. The molecule has 1 aromatic carbocycles. The van der Waals surface area contributed by atoms with Crippen LogP contribution in [-0.2, 0) is 4.74 Å². The number of benzene rings is 1. The first-order valence-corrected chi connectivity index (χ1v) is 7.06. The first kappa shape index (κ1) is 16.8. The maximum absolute atomic E-state index is 12.8. The molecule has 1 aromatic rings. The Morgan fingerprint density at radius 1 is 1.25 bits per heavy atom. The molecule has 0 N–H and O–H groups in total. The van der Waals surface area contributed by atoms with Crippen molar-refractivity contribution in [2.75, 3.05) is 26.8 Å². The molecule has 0 aliphatic carbocycles. The number of hydrogen-bond acceptors (Lipinski definition) is 3. The number of ketones is 1. The van der Waals surface area contributed by atoms with E-state index < -0.39 is 0 Å². The third-order valence-corrected chi connectivity index (χ3v) is 3.33. The first-order valence-electron chi connectivity index (χ1n) is 7.06. The van der Waals surface area contributed by atoms with Gasteiger partial charge in [0.15, 0.2) is 5.78 Å². The second-order valence-corrected chi connectivity index (χ2v) is 5.16. The Morgan fingerprint density at radius 2 is 1.90 bits per heavy atom. The summed E-state index contributed by atoms with van der Waals surface area (Å²) >= 11 is 0. The quantitative estimate of drug-likeness (QED) is 0.651. The molecule has 0 aliphatic heterocycles. The zero-order valence-electron chi connectivity index (χ0n) is 12.6. The van der Waals surface area contributed by atoms with Gasteiger partial charge in [-0.1, -0.05) is 0 Å². The molecule has 0 spiro atoms. The molecule has 0 saturated heterocycles. The van der Waals surface area contributed by atoms with Gasteiger partial charge in [-0.2, -0.15) is 0 Å². The van der Waals surface area contributed by atoms with E-state index in [4.69, 9.17) is 4.74 Å². The molecule has 0 unspecified atom stereocenters. The lowest BCUT2D eigenvalue weighted by atomic mass is 10.1. The van der Waals surface area contributed by atoms with E-state index in [1.54, 1.807) is 19.2 Å². The molecule has 0 amide bonds.